The lowest BCUT2D eigenvalue weighted by atomic mass is 10.1. The van der Waals surface area contributed by atoms with Gasteiger partial charge < -0.3 is 9.47 Å². The number of thioether (sulfide) groups is 1. The summed E-state index contributed by atoms with van der Waals surface area (Å²) in [5, 5.41) is 10.4. The standard InChI is InChI=1S/C26H20BrFN2O6S/c1-2-35-22-12-18(11-21(27)24(22)36-15-17-3-7-19(28)8-4-17)13-23-25(31)29(26(32)37-23)14-16-5-9-20(10-6-16)30(33)34/h3-13H,2,14-15H2,1H3/b23-13-. The van der Waals surface area contributed by atoms with E-state index in [-0.39, 0.29) is 29.6 Å². The summed E-state index contributed by atoms with van der Waals surface area (Å²) in [6.45, 7) is 2.40. The molecule has 0 aliphatic carbocycles. The highest BCUT2D eigenvalue weighted by Gasteiger charge is 2.35. The van der Waals surface area contributed by atoms with Gasteiger partial charge in [0.15, 0.2) is 11.5 Å². The first-order chi connectivity index (χ1) is 17.7. The van der Waals surface area contributed by atoms with E-state index >= 15 is 0 Å². The number of halogens is 2. The van der Waals surface area contributed by atoms with Crippen LogP contribution in [0.25, 0.3) is 6.08 Å². The molecule has 190 valence electrons. The van der Waals surface area contributed by atoms with E-state index in [4.69, 9.17) is 9.47 Å². The van der Waals surface area contributed by atoms with Crippen molar-refractivity contribution in [2.24, 2.45) is 0 Å². The highest BCUT2D eigenvalue weighted by Crippen LogP contribution is 2.40. The summed E-state index contributed by atoms with van der Waals surface area (Å²) >= 11 is 4.30. The number of rotatable bonds is 9. The Balaban J connectivity index is 1.52. The molecule has 0 unspecified atom stereocenters. The van der Waals surface area contributed by atoms with Gasteiger partial charge in [-0.3, -0.25) is 24.6 Å². The predicted octanol–water partition coefficient (Wildman–Crippen LogP) is 6.71. The number of hydrogen-bond acceptors (Lipinski definition) is 7. The summed E-state index contributed by atoms with van der Waals surface area (Å²) in [6, 6.07) is 15.1. The highest BCUT2D eigenvalue weighted by molar-refractivity contribution is 9.10. The second-order valence-corrected chi connectivity index (χ2v) is 9.72. The molecule has 1 aliphatic rings. The number of nitro benzene ring substituents is 1. The minimum Gasteiger partial charge on any atom is -0.490 e. The van der Waals surface area contributed by atoms with Crippen LogP contribution in [-0.4, -0.2) is 27.6 Å². The smallest absolute Gasteiger partial charge is 0.293 e. The molecule has 4 rings (SSSR count). The van der Waals surface area contributed by atoms with Crippen molar-refractivity contribution in [3.8, 4) is 11.5 Å². The number of benzene rings is 3. The van der Waals surface area contributed by atoms with Crippen LogP contribution in [-0.2, 0) is 17.9 Å². The normalized spacial score (nSPS) is 14.4. The quantitative estimate of drug-likeness (QED) is 0.156. The third-order valence-electron chi connectivity index (χ3n) is 5.29. The largest absolute Gasteiger partial charge is 0.490 e. The minimum atomic E-state index is -0.514. The Kier molecular flexibility index (Phi) is 8.24. The van der Waals surface area contributed by atoms with Crippen LogP contribution >= 0.6 is 27.7 Å². The van der Waals surface area contributed by atoms with Gasteiger partial charge in [0.05, 0.1) is 27.5 Å². The first-order valence-electron chi connectivity index (χ1n) is 11.1. The summed E-state index contributed by atoms with van der Waals surface area (Å²) in [4.78, 5) is 37.2. The number of ether oxygens (including phenoxy) is 2. The molecule has 3 aromatic carbocycles. The van der Waals surface area contributed by atoms with E-state index in [0.717, 1.165) is 22.2 Å². The number of imide groups is 1. The monoisotopic (exact) mass is 586 g/mol. The van der Waals surface area contributed by atoms with Crippen molar-refractivity contribution < 1.29 is 28.4 Å². The summed E-state index contributed by atoms with van der Waals surface area (Å²) < 4.78 is 25.4. The van der Waals surface area contributed by atoms with Gasteiger partial charge in [-0.25, -0.2) is 4.39 Å². The Morgan fingerprint density at radius 2 is 1.73 bits per heavy atom. The topological polar surface area (TPSA) is 99.0 Å². The van der Waals surface area contributed by atoms with Crippen LogP contribution < -0.4 is 9.47 Å². The lowest BCUT2D eigenvalue weighted by Crippen LogP contribution is -2.27. The minimum absolute atomic E-state index is 0.00402. The number of hydrogen-bond donors (Lipinski definition) is 0. The molecule has 0 atom stereocenters. The Hall–Kier alpha value is -3.70. The molecule has 8 nitrogen and oxygen atoms in total. The van der Waals surface area contributed by atoms with E-state index in [1.54, 1.807) is 30.3 Å². The number of nitro groups is 1. The average molecular weight is 587 g/mol. The van der Waals surface area contributed by atoms with Crippen LogP contribution in [0, 0.1) is 15.9 Å². The summed E-state index contributed by atoms with van der Waals surface area (Å²) in [5.41, 5.74) is 1.92. The molecule has 3 aromatic rings. The van der Waals surface area contributed by atoms with Gasteiger partial charge in [-0.1, -0.05) is 24.3 Å². The zero-order valence-corrected chi connectivity index (χ0v) is 21.9. The molecule has 1 saturated heterocycles. The molecule has 0 bridgehead atoms. The molecule has 0 saturated carbocycles. The van der Waals surface area contributed by atoms with Gasteiger partial charge in [0.1, 0.15) is 12.4 Å². The molecule has 1 aliphatic heterocycles. The number of carbonyl (C=O) groups is 2. The Labute approximate surface area is 224 Å². The Bertz CT molecular complexity index is 1380. The Morgan fingerprint density at radius 3 is 2.38 bits per heavy atom. The van der Waals surface area contributed by atoms with Crippen LogP contribution in [0.4, 0.5) is 14.9 Å². The van der Waals surface area contributed by atoms with Gasteiger partial charge >= 0.3 is 0 Å². The van der Waals surface area contributed by atoms with Crippen LogP contribution in [0.3, 0.4) is 0 Å². The molecule has 1 fully saturated rings. The average Bonchev–Trinajstić information content (AvgIpc) is 3.12. The zero-order valence-electron chi connectivity index (χ0n) is 19.5. The van der Waals surface area contributed by atoms with E-state index in [1.807, 2.05) is 6.92 Å². The molecule has 0 aromatic heterocycles. The summed E-state index contributed by atoms with van der Waals surface area (Å²) in [7, 11) is 0. The van der Waals surface area contributed by atoms with Crippen LogP contribution in [0.15, 0.2) is 70.0 Å². The summed E-state index contributed by atoms with van der Waals surface area (Å²) in [6.07, 6.45) is 1.60. The molecule has 2 amide bonds. The first kappa shape index (κ1) is 26.4. The first-order valence-corrected chi connectivity index (χ1v) is 12.7. The predicted molar refractivity (Wildman–Crippen MR) is 141 cm³/mol. The number of carbonyl (C=O) groups excluding carboxylic acids is 2. The fourth-order valence-electron chi connectivity index (χ4n) is 3.50. The zero-order chi connectivity index (χ0) is 26.5. The summed E-state index contributed by atoms with van der Waals surface area (Å²) in [5.74, 6) is 0.102. The molecule has 0 N–H and O–H groups in total. The van der Waals surface area contributed by atoms with E-state index < -0.39 is 16.1 Å². The van der Waals surface area contributed by atoms with Crippen molar-refractivity contribution >= 4 is 50.6 Å². The number of non-ortho nitro benzene ring substituents is 1. The SMILES string of the molecule is CCOc1cc(/C=C2\SC(=O)N(Cc3ccc([N+](=O)[O-])cc3)C2=O)cc(Br)c1OCc1ccc(F)cc1. The molecular formula is C26H20BrFN2O6S. The van der Waals surface area contributed by atoms with E-state index in [1.165, 1.54) is 36.4 Å². The van der Waals surface area contributed by atoms with Gasteiger partial charge in [0, 0.05) is 12.1 Å². The van der Waals surface area contributed by atoms with Crippen molar-refractivity contribution in [2.75, 3.05) is 6.61 Å². The fraction of sp³-hybridized carbons (Fsp3) is 0.154. The van der Waals surface area contributed by atoms with Crippen LogP contribution in [0.5, 0.6) is 11.5 Å². The highest BCUT2D eigenvalue weighted by atomic mass is 79.9. The van der Waals surface area contributed by atoms with Gasteiger partial charge in [0.2, 0.25) is 0 Å². The molecule has 0 spiro atoms. The third kappa shape index (κ3) is 6.36. The van der Waals surface area contributed by atoms with Gasteiger partial charge in [-0.15, -0.1) is 0 Å². The van der Waals surface area contributed by atoms with Crippen molar-refractivity contribution in [1.82, 2.24) is 4.90 Å². The fourth-order valence-corrected chi connectivity index (χ4v) is 4.92. The second-order valence-electron chi connectivity index (χ2n) is 7.87. The van der Waals surface area contributed by atoms with Crippen LogP contribution in [0.2, 0.25) is 0 Å². The molecular weight excluding hydrogens is 567 g/mol. The lowest BCUT2D eigenvalue weighted by molar-refractivity contribution is -0.384. The van der Waals surface area contributed by atoms with Crippen molar-refractivity contribution in [1.29, 1.82) is 0 Å². The van der Waals surface area contributed by atoms with Crippen molar-refractivity contribution in [2.45, 2.75) is 20.1 Å². The maximum atomic E-state index is 13.2. The van der Waals surface area contributed by atoms with Gasteiger partial charge in [0.25, 0.3) is 16.8 Å². The van der Waals surface area contributed by atoms with Gasteiger partial charge in [-0.05, 0) is 81.6 Å². The van der Waals surface area contributed by atoms with E-state index in [0.29, 0.717) is 33.7 Å². The van der Waals surface area contributed by atoms with Crippen molar-refractivity contribution in [3.63, 3.8) is 0 Å². The second kappa shape index (κ2) is 11.6. The number of amides is 2. The number of nitrogens with zero attached hydrogens (tertiary/aromatic N) is 2. The molecule has 1 heterocycles. The van der Waals surface area contributed by atoms with Crippen LogP contribution in [0.1, 0.15) is 23.6 Å². The maximum Gasteiger partial charge on any atom is 0.293 e. The molecule has 11 heteroatoms. The van der Waals surface area contributed by atoms with Crippen molar-refractivity contribution in [3.05, 3.63) is 103 Å². The maximum absolute atomic E-state index is 13.2. The lowest BCUT2D eigenvalue weighted by Gasteiger charge is -2.15. The third-order valence-corrected chi connectivity index (χ3v) is 6.78. The molecule has 37 heavy (non-hydrogen) atoms. The molecule has 0 radical (unpaired) electrons. The van der Waals surface area contributed by atoms with Gasteiger partial charge in [-0.2, -0.15) is 0 Å². The van der Waals surface area contributed by atoms with E-state index in [9.17, 15) is 24.1 Å². The van der Waals surface area contributed by atoms with E-state index in [2.05, 4.69) is 15.9 Å². The Morgan fingerprint density at radius 1 is 1.05 bits per heavy atom.